The van der Waals surface area contributed by atoms with Crippen LogP contribution in [-0.4, -0.2) is 31.6 Å². The number of rotatable bonds is 5. The molecule has 3 rings (SSSR count). The Balaban J connectivity index is 1.50. The zero-order valence-corrected chi connectivity index (χ0v) is 15.9. The van der Waals surface area contributed by atoms with E-state index in [1.807, 2.05) is 24.3 Å². The third-order valence-corrected chi connectivity index (χ3v) is 4.72. The number of carbonyl (C=O) groups excluding carboxylic acids is 2. The van der Waals surface area contributed by atoms with E-state index in [1.165, 1.54) is 31.4 Å². The molecule has 144 valence electrons. The molecule has 1 aliphatic rings. The van der Waals surface area contributed by atoms with Crippen LogP contribution in [0.2, 0.25) is 0 Å². The van der Waals surface area contributed by atoms with Crippen LogP contribution in [0.25, 0.3) is 0 Å². The molecule has 1 aromatic heterocycles. The van der Waals surface area contributed by atoms with Crippen molar-refractivity contribution >= 4 is 23.3 Å². The summed E-state index contributed by atoms with van der Waals surface area (Å²) >= 11 is 0. The van der Waals surface area contributed by atoms with Crippen molar-refractivity contribution < 1.29 is 18.7 Å². The first-order valence-electron chi connectivity index (χ1n) is 9.42. The van der Waals surface area contributed by atoms with Gasteiger partial charge in [-0.05, 0) is 57.0 Å². The molecule has 27 heavy (non-hydrogen) atoms. The minimum Gasteiger partial charge on any atom is -0.466 e. The van der Waals surface area contributed by atoms with Crippen LogP contribution in [0.15, 0.2) is 34.7 Å². The van der Waals surface area contributed by atoms with Crippen molar-refractivity contribution in [3.8, 4) is 0 Å². The van der Waals surface area contributed by atoms with E-state index in [1.54, 1.807) is 19.9 Å². The highest BCUT2D eigenvalue weighted by Crippen LogP contribution is 2.21. The highest BCUT2D eigenvalue weighted by Gasteiger charge is 2.16. The normalized spacial score (nSPS) is 14.5. The van der Waals surface area contributed by atoms with Crippen molar-refractivity contribution in [2.24, 2.45) is 0 Å². The SMILES string of the molecule is Cc1cc(C(=O)OCC(=O)Nc2ccc(N3CCCCCC3)cc2)c(C)o1. The van der Waals surface area contributed by atoms with E-state index < -0.39 is 5.97 Å². The van der Waals surface area contributed by atoms with Gasteiger partial charge in [0, 0.05) is 24.5 Å². The van der Waals surface area contributed by atoms with Crippen molar-refractivity contribution in [2.75, 3.05) is 29.9 Å². The fourth-order valence-electron chi connectivity index (χ4n) is 3.32. The Hall–Kier alpha value is -2.76. The van der Waals surface area contributed by atoms with Crippen molar-refractivity contribution in [3.05, 3.63) is 47.4 Å². The lowest BCUT2D eigenvalue weighted by atomic mass is 10.2. The number of aryl methyl sites for hydroxylation is 2. The van der Waals surface area contributed by atoms with E-state index in [4.69, 9.17) is 9.15 Å². The monoisotopic (exact) mass is 370 g/mol. The van der Waals surface area contributed by atoms with Crippen LogP contribution >= 0.6 is 0 Å². The molecular formula is C21H26N2O4. The maximum absolute atomic E-state index is 12.0. The maximum atomic E-state index is 12.0. The van der Waals surface area contributed by atoms with E-state index >= 15 is 0 Å². The lowest BCUT2D eigenvalue weighted by Gasteiger charge is -2.22. The Morgan fingerprint density at radius 2 is 1.74 bits per heavy atom. The summed E-state index contributed by atoms with van der Waals surface area (Å²) in [5, 5.41) is 2.75. The van der Waals surface area contributed by atoms with Gasteiger partial charge in [-0.2, -0.15) is 0 Å². The first-order chi connectivity index (χ1) is 13.0. The average Bonchev–Trinajstić information content (AvgIpc) is 2.85. The van der Waals surface area contributed by atoms with Gasteiger partial charge in [0.25, 0.3) is 5.91 Å². The molecule has 6 nitrogen and oxygen atoms in total. The predicted octanol–water partition coefficient (Wildman–Crippen LogP) is 4.07. The van der Waals surface area contributed by atoms with Crippen molar-refractivity contribution in [1.82, 2.24) is 0 Å². The highest BCUT2D eigenvalue weighted by molar-refractivity contribution is 5.96. The molecule has 1 N–H and O–H groups in total. The van der Waals surface area contributed by atoms with E-state index in [-0.39, 0.29) is 12.5 Å². The number of amides is 1. The molecule has 0 saturated carbocycles. The second-order valence-corrected chi connectivity index (χ2v) is 6.90. The van der Waals surface area contributed by atoms with Gasteiger partial charge in [-0.3, -0.25) is 4.79 Å². The van der Waals surface area contributed by atoms with Gasteiger partial charge in [-0.15, -0.1) is 0 Å². The number of anilines is 2. The lowest BCUT2D eigenvalue weighted by molar-refractivity contribution is -0.119. The van der Waals surface area contributed by atoms with Gasteiger partial charge in [0.2, 0.25) is 0 Å². The van der Waals surface area contributed by atoms with E-state index in [2.05, 4.69) is 10.2 Å². The Labute approximate surface area is 159 Å². The molecule has 1 saturated heterocycles. The van der Waals surface area contributed by atoms with E-state index in [9.17, 15) is 9.59 Å². The molecule has 0 spiro atoms. The molecule has 1 aliphatic heterocycles. The zero-order valence-electron chi connectivity index (χ0n) is 15.9. The Morgan fingerprint density at radius 1 is 1.07 bits per heavy atom. The molecule has 2 heterocycles. The standard InChI is InChI=1S/C21H26N2O4/c1-15-13-19(16(2)27-15)21(25)26-14-20(24)22-17-7-9-18(10-8-17)23-11-5-3-4-6-12-23/h7-10,13H,3-6,11-12,14H2,1-2H3,(H,22,24). The van der Waals surface area contributed by atoms with Crippen LogP contribution in [0.4, 0.5) is 11.4 Å². The number of carbonyl (C=O) groups is 2. The molecule has 0 aliphatic carbocycles. The lowest BCUT2D eigenvalue weighted by Crippen LogP contribution is -2.24. The molecule has 0 radical (unpaired) electrons. The van der Waals surface area contributed by atoms with Gasteiger partial charge in [0.15, 0.2) is 6.61 Å². The summed E-state index contributed by atoms with van der Waals surface area (Å²) in [4.78, 5) is 26.4. The molecule has 1 amide bonds. The molecule has 1 fully saturated rings. The number of furan rings is 1. The maximum Gasteiger partial charge on any atom is 0.342 e. The fourth-order valence-corrected chi connectivity index (χ4v) is 3.32. The number of esters is 1. The summed E-state index contributed by atoms with van der Waals surface area (Å²) in [5.74, 6) is 0.190. The number of benzene rings is 1. The van der Waals surface area contributed by atoms with Crippen molar-refractivity contribution in [1.29, 1.82) is 0 Å². The number of hydrogen-bond donors (Lipinski definition) is 1. The van der Waals surface area contributed by atoms with E-state index in [0.717, 1.165) is 13.1 Å². The second kappa shape index (κ2) is 8.75. The van der Waals surface area contributed by atoms with Crippen molar-refractivity contribution in [2.45, 2.75) is 39.5 Å². The molecule has 0 atom stereocenters. The average molecular weight is 370 g/mol. The quantitative estimate of drug-likeness (QED) is 0.803. The minimum atomic E-state index is -0.559. The van der Waals surface area contributed by atoms with Gasteiger partial charge >= 0.3 is 5.97 Å². The van der Waals surface area contributed by atoms with Crippen LogP contribution in [0.5, 0.6) is 0 Å². The first-order valence-corrected chi connectivity index (χ1v) is 9.42. The van der Waals surface area contributed by atoms with Gasteiger partial charge in [-0.25, -0.2) is 4.79 Å². The van der Waals surface area contributed by atoms with Crippen LogP contribution in [0.3, 0.4) is 0 Å². The van der Waals surface area contributed by atoms with Crippen LogP contribution < -0.4 is 10.2 Å². The summed E-state index contributed by atoms with van der Waals surface area (Å²) in [6.45, 7) is 5.26. The van der Waals surface area contributed by atoms with Crippen molar-refractivity contribution in [3.63, 3.8) is 0 Å². The number of nitrogens with zero attached hydrogens (tertiary/aromatic N) is 1. The fraction of sp³-hybridized carbons (Fsp3) is 0.429. The summed E-state index contributed by atoms with van der Waals surface area (Å²) in [6, 6.07) is 9.40. The van der Waals surface area contributed by atoms with Crippen LogP contribution in [0, 0.1) is 13.8 Å². The van der Waals surface area contributed by atoms with E-state index in [0.29, 0.717) is 22.8 Å². The highest BCUT2D eigenvalue weighted by atomic mass is 16.5. The largest absolute Gasteiger partial charge is 0.466 e. The van der Waals surface area contributed by atoms with Crippen LogP contribution in [0.1, 0.15) is 47.6 Å². The third kappa shape index (κ3) is 5.12. The molecule has 0 bridgehead atoms. The first kappa shape index (κ1) is 19.0. The summed E-state index contributed by atoms with van der Waals surface area (Å²) < 4.78 is 10.4. The molecule has 0 unspecified atom stereocenters. The van der Waals surface area contributed by atoms with Gasteiger partial charge < -0.3 is 19.4 Å². The summed E-state index contributed by atoms with van der Waals surface area (Å²) in [6.07, 6.45) is 5.03. The summed E-state index contributed by atoms with van der Waals surface area (Å²) in [5.41, 5.74) is 2.21. The molecule has 2 aromatic rings. The smallest absolute Gasteiger partial charge is 0.342 e. The van der Waals surface area contributed by atoms with Gasteiger partial charge in [0.1, 0.15) is 17.1 Å². The Bertz CT molecular complexity index is 787. The molecule has 6 heteroatoms. The minimum absolute atomic E-state index is 0.337. The van der Waals surface area contributed by atoms with Gasteiger partial charge in [-0.1, -0.05) is 12.8 Å². The number of hydrogen-bond acceptors (Lipinski definition) is 5. The number of ether oxygens (including phenoxy) is 1. The molecule has 1 aromatic carbocycles. The Kier molecular flexibility index (Phi) is 6.16. The van der Waals surface area contributed by atoms with Gasteiger partial charge in [0.05, 0.1) is 0 Å². The number of nitrogens with one attached hydrogen (secondary N) is 1. The molecular weight excluding hydrogens is 344 g/mol. The second-order valence-electron chi connectivity index (χ2n) is 6.90. The Morgan fingerprint density at radius 3 is 2.33 bits per heavy atom. The summed E-state index contributed by atoms with van der Waals surface area (Å²) in [7, 11) is 0. The topological polar surface area (TPSA) is 71.8 Å². The van der Waals surface area contributed by atoms with Crippen LogP contribution in [-0.2, 0) is 9.53 Å². The zero-order chi connectivity index (χ0) is 19.2. The third-order valence-electron chi connectivity index (χ3n) is 4.72. The predicted molar refractivity (Wildman–Crippen MR) is 104 cm³/mol.